The maximum Gasteiger partial charge on any atom is 0.0595 e. The van der Waals surface area contributed by atoms with Gasteiger partial charge < -0.3 is 5.32 Å². The van der Waals surface area contributed by atoms with Gasteiger partial charge >= 0.3 is 0 Å². The third kappa shape index (κ3) is 4.17. The molecule has 0 aliphatic heterocycles. The molecule has 0 radical (unpaired) electrons. The molecule has 0 aliphatic rings. The molecule has 0 saturated carbocycles. The van der Waals surface area contributed by atoms with E-state index in [2.05, 4.69) is 26.1 Å². The number of hydrogen-bond acceptors (Lipinski definition) is 1. The van der Waals surface area contributed by atoms with Crippen LogP contribution in [0.5, 0.6) is 0 Å². The Morgan fingerprint density at radius 1 is 1.12 bits per heavy atom. The summed E-state index contributed by atoms with van der Waals surface area (Å²) in [6.07, 6.45) is 0.979. The van der Waals surface area contributed by atoms with Gasteiger partial charge in [0.15, 0.2) is 0 Å². The highest BCUT2D eigenvalue weighted by Crippen LogP contribution is 2.25. The molecule has 96 valence electrons. The summed E-state index contributed by atoms with van der Waals surface area (Å²) in [5.41, 5.74) is 1.23. The van der Waals surface area contributed by atoms with Gasteiger partial charge in [0.25, 0.3) is 0 Å². The summed E-state index contributed by atoms with van der Waals surface area (Å²) in [6.45, 7) is 6.79. The van der Waals surface area contributed by atoms with Crippen LogP contribution in [0.2, 0.25) is 10.0 Å². The lowest BCUT2D eigenvalue weighted by atomic mass is 9.87. The second-order valence-corrected chi connectivity index (χ2v) is 5.77. The summed E-state index contributed by atoms with van der Waals surface area (Å²) >= 11 is 11.9. The largest absolute Gasteiger partial charge is 0.316 e. The maximum atomic E-state index is 6.03. The van der Waals surface area contributed by atoms with Crippen LogP contribution < -0.4 is 5.32 Å². The molecule has 2 atom stereocenters. The van der Waals surface area contributed by atoms with Gasteiger partial charge in [-0.15, -0.1) is 0 Å². The van der Waals surface area contributed by atoms with Crippen LogP contribution in [0.15, 0.2) is 18.2 Å². The molecule has 0 saturated heterocycles. The summed E-state index contributed by atoms with van der Waals surface area (Å²) in [4.78, 5) is 0. The molecule has 0 bridgehead atoms. The van der Waals surface area contributed by atoms with E-state index in [1.165, 1.54) is 5.56 Å². The Kier molecular flexibility index (Phi) is 5.78. The molecule has 3 heteroatoms. The fourth-order valence-corrected chi connectivity index (χ4v) is 2.26. The summed E-state index contributed by atoms with van der Waals surface area (Å²) in [5.74, 6) is 1.28. The van der Waals surface area contributed by atoms with Crippen molar-refractivity contribution in [1.82, 2.24) is 5.32 Å². The molecule has 1 N–H and O–H groups in total. The third-order valence-electron chi connectivity index (χ3n) is 3.50. The van der Waals surface area contributed by atoms with Gasteiger partial charge in [-0.25, -0.2) is 0 Å². The lowest BCUT2D eigenvalue weighted by molar-refractivity contribution is 0.310. The summed E-state index contributed by atoms with van der Waals surface area (Å²) in [7, 11) is 2.01. The van der Waals surface area contributed by atoms with Gasteiger partial charge in [0.1, 0.15) is 0 Å². The molecule has 0 aliphatic carbocycles. The van der Waals surface area contributed by atoms with Crippen LogP contribution >= 0.6 is 23.2 Å². The van der Waals surface area contributed by atoms with E-state index in [4.69, 9.17) is 23.2 Å². The first-order chi connectivity index (χ1) is 7.95. The van der Waals surface area contributed by atoms with Crippen molar-refractivity contribution in [2.75, 3.05) is 7.05 Å². The molecular weight excluding hydrogens is 253 g/mol. The zero-order chi connectivity index (χ0) is 13.0. The summed E-state index contributed by atoms with van der Waals surface area (Å²) in [5, 5.41) is 4.64. The first-order valence-electron chi connectivity index (χ1n) is 6.07. The van der Waals surface area contributed by atoms with Crippen molar-refractivity contribution in [1.29, 1.82) is 0 Å². The predicted octanol–water partition coefficient (Wildman–Crippen LogP) is 4.42. The number of nitrogens with one attached hydrogen (secondary N) is 1. The van der Waals surface area contributed by atoms with E-state index in [1.54, 1.807) is 0 Å². The van der Waals surface area contributed by atoms with Crippen molar-refractivity contribution in [2.45, 2.75) is 33.2 Å². The number of rotatable bonds is 5. The van der Waals surface area contributed by atoms with E-state index in [0.29, 0.717) is 27.9 Å². The van der Waals surface area contributed by atoms with Gasteiger partial charge in [-0.3, -0.25) is 0 Å². The second kappa shape index (κ2) is 6.63. The van der Waals surface area contributed by atoms with Gasteiger partial charge in [-0.2, -0.15) is 0 Å². The van der Waals surface area contributed by atoms with Crippen molar-refractivity contribution in [3.8, 4) is 0 Å². The lowest BCUT2D eigenvalue weighted by Crippen LogP contribution is -2.36. The minimum atomic E-state index is 0.465. The quantitative estimate of drug-likeness (QED) is 0.838. The Balaban J connectivity index is 2.77. The lowest BCUT2D eigenvalue weighted by Gasteiger charge is -2.26. The van der Waals surface area contributed by atoms with Crippen molar-refractivity contribution in [3.05, 3.63) is 33.8 Å². The average molecular weight is 274 g/mol. The summed E-state index contributed by atoms with van der Waals surface area (Å²) in [6, 6.07) is 6.34. The smallest absolute Gasteiger partial charge is 0.0595 e. The number of benzene rings is 1. The Labute approximate surface area is 115 Å². The van der Waals surface area contributed by atoms with E-state index in [9.17, 15) is 0 Å². The molecule has 0 heterocycles. The number of hydrogen-bond donors (Lipinski definition) is 1. The molecule has 17 heavy (non-hydrogen) atoms. The van der Waals surface area contributed by atoms with Crippen LogP contribution in [0.25, 0.3) is 0 Å². The van der Waals surface area contributed by atoms with Crippen LogP contribution in [-0.4, -0.2) is 13.1 Å². The van der Waals surface area contributed by atoms with Crippen molar-refractivity contribution in [3.63, 3.8) is 0 Å². The molecule has 0 spiro atoms. The Hall–Kier alpha value is -0.240. The Morgan fingerprint density at radius 3 is 2.24 bits per heavy atom. The average Bonchev–Trinajstić information content (AvgIpc) is 2.29. The molecule has 1 aromatic rings. The van der Waals surface area contributed by atoms with Crippen LogP contribution in [0, 0.1) is 11.8 Å². The Morgan fingerprint density at radius 2 is 1.76 bits per heavy atom. The van der Waals surface area contributed by atoms with Gasteiger partial charge in [-0.1, -0.05) is 50.0 Å². The molecule has 0 fully saturated rings. The number of likely N-dealkylation sites (N-methyl/N-ethyl adjacent to an activating group) is 1. The van der Waals surface area contributed by atoms with Gasteiger partial charge in [0.2, 0.25) is 0 Å². The number of halogens is 2. The van der Waals surface area contributed by atoms with Gasteiger partial charge in [-0.05, 0) is 43.0 Å². The first kappa shape index (κ1) is 14.8. The van der Waals surface area contributed by atoms with Crippen LogP contribution in [-0.2, 0) is 6.42 Å². The van der Waals surface area contributed by atoms with E-state index in [1.807, 2.05) is 25.2 Å². The topological polar surface area (TPSA) is 12.0 Å². The van der Waals surface area contributed by atoms with Gasteiger partial charge in [0.05, 0.1) is 10.0 Å². The standard InChI is InChI=1S/C14H21Cl2N/c1-9(2)10(3)14(17-4)8-11-5-6-12(15)13(16)7-11/h5-7,9-10,14,17H,8H2,1-4H3. The van der Waals surface area contributed by atoms with E-state index >= 15 is 0 Å². The highest BCUT2D eigenvalue weighted by molar-refractivity contribution is 6.42. The van der Waals surface area contributed by atoms with E-state index in [-0.39, 0.29) is 0 Å². The molecule has 1 aromatic carbocycles. The van der Waals surface area contributed by atoms with Crippen molar-refractivity contribution >= 4 is 23.2 Å². The second-order valence-electron chi connectivity index (χ2n) is 4.95. The molecular formula is C14H21Cl2N. The minimum absolute atomic E-state index is 0.465. The fourth-order valence-electron chi connectivity index (χ4n) is 1.94. The van der Waals surface area contributed by atoms with E-state index < -0.39 is 0 Å². The molecule has 2 unspecified atom stereocenters. The molecule has 1 nitrogen and oxygen atoms in total. The van der Waals surface area contributed by atoms with Crippen LogP contribution in [0.4, 0.5) is 0 Å². The fraction of sp³-hybridized carbons (Fsp3) is 0.571. The molecule has 0 amide bonds. The highest BCUT2D eigenvalue weighted by Gasteiger charge is 2.19. The maximum absolute atomic E-state index is 6.03. The molecule has 1 rings (SSSR count). The zero-order valence-electron chi connectivity index (χ0n) is 10.9. The predicted molar refractivity (Wildman–Crippen MR) is 77.0 cm³/mol. The van der Waals surface area contributed by atoms with Crippen LogP contribution in [0.3, 0.4) is 0 Å². The van der Waals surface area contributed by atoms with Crippen molar-refractivity contribution in [2.24, 2.45) is 11.8 Å². The zero-order valence-corrected chi connectivity index (χ0v) is 12.4. The minimum Gasteiger partial charge on any atom is -0.316 e. The van der Waals surface area contributed by atoms with Gasteiger partial charge in [0, 0.05) is 6.04 Å². The molecule has 0 aromatic heterocycles. The SMILES string of the molecule is CNC(Cc1ccc(Cl)c(Cl)c1)C(C)C(C)C. The first-order valence-corrected chi connectivity index (χ1v) is 6.82. The van der Waals surface area contributed by atoms with Crippen LogP contribution in [0.1, 0.15) is 26.3 Å². The third-order valence-corrected chi connectivity index (χ3v) is 4.24. The van der Waals surface area contributed by atoms with Crippen molar-refractivity contribution < 1.29 is 0 Å². The normalized spacial score (nSPS) is 15.0. The Bertz CT molecular complexity index is 363. The monoisotopic (exact) mass is 273 g/mol. The summed E-state index contributed by atoms with van der Waals surface area (Å²) < 4.78 is 0. The van der Waals surface area contributed by atoms with E-state index in [0.717, 1.165) is 6.42 Å². The highest BCUT2D eigenvalue weighted by atomic mass is 35.5.